The number of amides is 1. The van der Waals surface area contributed by atoms with Crippen LogP contribution in [-0.4, -0.2) is 79.7 Å². The van der Waals surface area contributed by atoms with Crippen molar-refractivity contribution in [3.05, 3.63) is 93.0 Å². The first-order valence-electron chi connectivity index (χ1n) is 14.3. The van der Waals surface area contributed by atoms with E-state index in [1.54, 1.807) is 36.7 Å². The number of H-pyrrole nitrogens is 1. The predicted molar refractivity (Wildman–Crippen MR) is 182 cm³/mol. The van der Waals surface area contributed by atoms with E-state index in [1.807, 2.05) is 35.2 Å². The minimum absolute atomic E-state index is 0.0427. The maximum atomic E-state index is 14.1. The van der Waals surface area contributed by atoms with Crippen molar-refractivity contribution in [2.75, 3.05) is 52.4 Å². The largest absolute Gasteiger partial charge is 0.494 e. The number of aromatic nitrogens is 1. The molecule has 0 fully saturated rings. The fraction of sp³-hybridized carbons (Fsp3) is 0.333. The van der Waals surface area contributed by atoms with Gasteiger partial charge in [-0.3, -0.25) is 4.79 Å². The summed E-state index contributed by atoms with van der Waals surface area (Å²) in [5, 5.41) is 1.72. The second-order valence-electron chi connectivity index (χ2n) is 10.8. The highest BCUT2D eigenvalue weighted by molar-refractivity contribution is 9.10. The zero-order valence-corrected chi connectivity index (χ0v) is 27.7. The van der Waals surface area contributed by atoms with Gasteiger partial charge >= 0.3 is 0 Å². The maximum Gasteiger partial charge on any atom is 0.249 e. The maximum absolute atomic E-state index is 14.1. The lowest BCUT2D eigenvalue weighted by Crippen LogP contribution is -2.52. The van der Waals surface area contributed by atoms with Crippen LogP contribution in [-0.2, 0) is 16.0 Å². The van der Waals surface area contributed by atoms with Crippen LogP contribution in [0.15, 0.2) is 71.2 Å². The van der Waals surface area contributed by atoms with E-state index in [0.717, 1.165) is 69.8 Å². The van der Waals surface area contributed by atoms with Crippen LogP contribution in [0.5, 0.6) is 5.75 Å². The van der Waals surface area contributed by atoms with E-state index in [2.05, 4.69) is 57.1 Å². The van der Waals surface area contributed by atoms with Gasteiger partial charge in [-0.25, -0.2) is 0 Å². The molecule has 1 N–H and O–H groups in total. The van der Waals surface area contributed by atoms with E-state index in [1.165, 1.54) is 0 Å². The Morgan fingerprint density at radius 1 is 1.09 bits per heavy atom. The van der Waals surface area contributed by atoms with Crippen LogP contribution in [0, 0.1) is 0 Å². The molecule has 0 spiro atoms. The van der Waals surface area contributed by atoms with Crippen LogP contribution in [0.4, 0.5) is 5.69 Å². The van der Waals surface area contributed by atoms with Gasteiger partial charge in [-0.2, -0.15) is 0 Å². The number of nitrogens with zero attached hydrogens (tertiary/aromatic N) is 3. The van der Waals surface area contributed by atoms with Crippen molar-refractivity contribution < 1.29 is 14.3 Å². The van der Waals surface area contributed by atoms with E-state index in [9.17, 15) is 4.79 Å². The molecule has 2 heterocycles. The van der Waals surface area contributed by atoms with Gasteiger partial charge in [-0.05, 0) is 79.2 Å². The number of ether oxygens (including phenoxy) is 2. The lowest BCUT2D eigenvalue weighted by Gasteiger charge is -2.41. The number of hydrogen-bond acceptors (Lipinski definition) is 5. The molecule has 4 aromatic rings. The number of fused-ring (bicyclic) bond motifs is 3. The van der Waals surface area contributed by atoms with Crippen LogP contribution in [0.1, 0.15) is 29.3 Å². The van der Waals surface area contributed by atoms with Gasteiger partial charge in [0.2, 0.25) is 5.91 Å². The molecule has 3 aromatic carbocycles. The summed E-state index contributed by atoms with van der Waals surface area (Å²) >= 11 is 15.3. The Hall–Kier alpha value is -2.95. The number of carbonyl (C=O) groups is 1. The Morgan fingerprint density at radius 3 is 2.53 bits per heavy atom. The molecular formula is C33H36BrClN4O3S. The van der Waals surface area contributed by atoms with Crippen LogP contribution >= 0.6 is 39.7 Å². The van der Waals surface area contributed by atoms with Crippen molar-refractivity contribution in [2.24, 2.45) is 0 Å². The second-order valence-corrected chi connectivity index (χ2v) is 12.4. The van der Waals surface area contributed by atoms with Crippen molar-refractivity contribution in [3.63, 3.8) is 0 Å². The van der Waals surface area contributed by atoms with Crippen molar-refractivity contribution in [2.45, 2.75) is 24.9 Å². The molecule has 226 valence electrons. The van der Waals surface area contributed by atoms with Gasteiger partial charge in [-0.15, -0.1) is 0 Å². The van der Waals surface area contributed by atoms with Crippen molar-refractivity contribution >= 4 is 67.7 Å². The standard InChI is InChI=1S/C33H36BrClN4O3S/c1-37(16-18-41-3)15-4-17-42-26-12-5-22(6-13-26)32-31-28(27-19-23(34)7-14-29(27)36-31)20-30(39(32)21-43)33(40)38(2)25-10-8-24(35)9-11-25/h5-14,19,21,30,32,36H,4,15-18,20H2,1-3H3. The Balaban J connectivity index is 1.43. The third-order valence-electron chi connectivity index (χ3n) is 8.01. The van der Waals surface area contributed by atoms with Crippen molar-refractivity contribution in [1.82, 2.24) is 14.8 Å². The fourth-order valence-corrected chi connectivity index (χ4v) is 6.41. The third-order valence-corrected chi connectivity index (χ3v) is 9.00. The van der Waals surface area contributed by atoms with Crippen LogP contribution in [0.25, 0.3) is 10.9 Å². The molecule has 0 aliphatic carbocycles. The molecule has 1 amide bonds. The minimum Gasteiger partial charge on any atom is -0.494 e. The first kappa shape index (κ1) is 31.5. The van der Waals surface area contributed by atoms with Gasteiger partial charge in [-0.1, -0.05) is 51.9 Å². The number of rotatable bonds is 12. The average Bonchev–Trinajstić information content (AvgIpc) is 3.38. The van der Waals surface area contributed by atoms with Gasteiger partial charge in [0.05, 0.1) is 24.7 Å². The monoisotopic (exact) mass is 682 g/mol. The summed E-state index contributed by atoms with van der Waals surface area (Å²) in [6.07, 6.45) is 1.44. The third kappa shape index (κ3) is 7.07. The number of aromatic amines is 1. The molecule has 2 unspecified atom stereocenters. The zero-order valence-electron chi connectivity index (χ0n) is 24.6. The molecule has 1 aliphatic rings. The zero-order chi connectivity index (χ0) is 30.5. The van der Waals surface area contributed by atoms with Gasteiger partial charge in [0.25, 0.3) is 0 Å². The second kappa shape index (κ2) is 14.2. The number of anilines is 1. The molecule has 7 nitrogen and oxygen atoms in total. The Morgan fingerprint density at radius 2 is 1.84 bits per heavy atom. The number of benzene rings is 3. The smallest absolute Gasteiger partial charge is 0.249 e. The van der Waals surface area contributed by atoms with Crippen LogP contribution < -0.4 is 9.64 Å². The molecule has 0 radical (unpaired) electrons. The van der Waals surface area contributed by atoms with Gasteiger partial charge in [0.1, 0.15) is 11.8 Å². The summed E-state index contributed by atoms with van der Waals surface area (Å²) in [5.41, 5.74) is 6.60. The summed E-state index contributed by atoms with van der Waals surface area (Å²) in [6.45, 7) is 3.18. The molecule has 5 rings (SSSR count). The number of likely N-dealkylation sites (N-methyl/N-ethyl adjacent to an activating group) is 2. The van der Waals surface area contributed by atoms with Gasteiger partial charge in [0, 0.05) is 65.4 Å². The van der Waals surface area contributed by atoms with Crippen LogP contribution in [0.3, 0.4) is 0 Å². The molecule has 1 aromatic heterocycles. The molecule has 0 saturated heterocycles. The summed E-state index contributed by atoms with van der Waals surface area (Å²) in [7, 11) is 5.60. The summed E-state index contributed by atoms with van der Waals surface area (Å²) in [4.78, 5) is 23.7. The molecule has 2 atom stereocenters. The molecule has 0 bridgehead atoms. The van der Waals surface area contributed by atoms with E-state index >= 15 is 0 Å². The molecule has 1 aliphatic heterocycles. The van der Waals surface area contributed by atoms with Gasteiger partial charge < -0.3 is 29.2 Å². The topological polar surface area (TPSA) is 61.0 Å². The number of thiocarbonyl (C=S) groups is 1. The van der Waals surface area contributed by atoms with Crippen molar-refractivity contribution in [1.29, 1.82) is 0 Å². The number of nitrogens with one attached hydrogen (secondary N) is 1. The number of halogens is 2. The number of hydrogen-bond donors (Lipinski definition) is 1. The highest BCUT2D eigenvalue weighted by Gasteiger charge is 2.40. The molecule has 0 saturated carbocycles. The van der Waals surface area contributed by atoms with E-state index < -0.39 is 6.04 Å². The first-order chi connectivity index (χ1) is 20.8. The van der Waals surface area contributed by atoms with E-state index in [-0.39, 0.29) is 11.9 Å². The summed E-state index contributed by atoms with van der Waals surface area (Å²) in [5.74, 6) is 0.766. The Bertz CT molecular complexity index is 1560. The lowest BCUT2D eigenvalue weighted by molar-refractivity contribution is -0.122. The quantitative estimate of drug-likeness (QED) is 0.130. The van der Waals surface area contributed by atoms with Gasteiger partial charge in [0.15, 0.2) is 0 Å². The number of methoxy groups -OCH3 is 1. The summed E-state index contributed by atoms with van der Waals surface area (Å²) < 4.78 is 12.2. The molecular weight excluding hydrogens is 648 g/mol. The number of carbonyl (C=O) groups excluding carboxylic acids is 1. The predicted octanol–water partition coefficient (Wildman–Crippen LogP) is 6.87. The highest BCUT2D eigenvalue weighted by Crippen LogP contribution is 2.41. The van der Waals surface area contributed by atoms with Crippen molar-refractivity contribution in [3.8, 4) is 5.75 Å². The van der Waals surface area contributed by atoms with Crippen LogP contribution in [0.2, 0.25) is 5.02 Å². The Kier molecular flexibility index (Phi) is 10.4. The Labute approximate surface area is 271 Å². The van der Waals surface area contributed by atoms with E-state index in [0.29, 0.717) is 18.1 Å². The fourth-order valence-electron chi connectivity index (χ4n) is 5.66. The average molecular weight is 684 g/mol. The normalized spacial score (nSPS) is 16.4. The SMILES string of the molecule is COCCN(C)CCCOc1ccc(C2c3[nH]c4ccc(Br)cc4c3CC(C(=O)N(C)c3ccc(Cl)cc3)N2C=S)cc1. The first-order valence-corrected chi connectivity index (χ1v) is 15.9. The summed E-state index contributed by atoms with van der Waals surface area (Å²) in [6, 6.07) is 20.8. The molecule has 43 heavy (non-hydrogen) atoms. The molecule has 10 heteroatoms. The lowest BCUT2D eigenvalue weighted by atomic mass is 9.88. The highest BCUT2D eigenvalue weighted by atomic mass is 79.9. The van der Waals surface area contributed by atoms with E-state index in [4.69, 9.17) is 33.3 Å². The minimum atomic E-state index is -0.500.